The highest BCUT2D eigenvalue weighted by molar-refractivity contribution is 5.93. The Bertz CT molecular complexity index is 706. The van der Waals surface area contributed by atoms with Crippen LogP contribution in [-0.2, 0) is 9.53 Å². The van der Waals surface area contributed by atoms with Crippen molar-refractivity contribution < 1.29 is 14.6 Å². The summed E-state index contributed by atoms with van der Waals surface area (Å²) in [6.45, 7) is 8.67. The van der Waals surface area contributed by atoms with E-state index in [0.29, 0.717) is 12.2 Å². The number of carbonyl (C=O) groups excluding carboxylic acids is 1. The Kier molecular flexibility index (Phi) is 5.17. The standard InChI is InChI=1S/C18H24N4O3/c1-10(2)19-8-12(23)9-25-17-11(3)4-5-13-15(17)16(18(24)21-13)14-6-7-20-22-14/h4-7,10,12,16-17,19,23H,3,8-9H2,1-2H3,(H,20,22)(H,21,24). The SMILES string of the molecule is C=C1C=CC2=C(C1OCC(O)CNC(C)C)C(c1ccn[nH]1)C(=O)N2. The van der Waals surface area contributed by atoms with Crippen molar-refractivity contribution in [3.63, 3.8) is 0 Å². The van der Waals surface area contributed by atoms with Crippen LogP contribution in [0.2, 0.25) is 0 Å². The average Bonchev–Trinajstić information content (AvgIpc) is 3.18. The van der Waals surface area contributed by atoms with Crippen molar-refractivity contribution in [2.75, 3.05) is 13.2 Å². The molecular formula is C18H24N4O3. The number of H-pyrrole nitrogens is 1. The van der Waals surface area contributed by atoms with E-state index in [9.17, 15) is 9.90 Å². The summed E-state index contributed by atoms with van der Waals surface area (Å²) in [6, 6.07) is 2.07. The van der Waals surface area contributed by atoms with E-state index in [1.807, 2.05) is 26.0 Å². The number of aromatic nitrogens is 2. The molecule has 1 aromatic heterocycles. The summed E-state index contributed by atoms with van der Waals surface area (Å²) < 4.78 is 5.95. The summed E-state index contributed by atoms with van der Waals surface area (Å²) in [7, 11) is 0. The van der Waals surface area contributed by atoms with Crippen LogP contribution in [0.25, 0.3) is 0 Å². The number of aliphatic hydroxyl groups is 1. The first-order chi connectivity index (χ1) is 12.0. The van der Waals surface area contributed by atoms with Crippen molar-refractivity contribution in [2.24, 2.45) is 0 Å². The van der Waals surface area contributed by atoms with Gasteiger partial charge in [0.1, 0.15) is 12.0 Å². The monoisotopic (exact) mass is 344 g/mol. The predicted octanol–water partition coefficient (Wildman–Crippen LogP) is 0.747. The van der Waals surface area contributed by atoms with Crippen molar-refractivity contribution in [3.8, 4) is 0 Å². The van der Waals surface area contributed by atoms with Gasteiger partial charge in [-0.25, -0.2) is 0 Å². The van der Waals surface area contributed by atoms with Gasteiger partial charge in [0.15, 0.2) is 0 Å². The molecule has 7 nitrogen and oxygen atoms in total. The molecule has 0 saturated heterocycles. The van der Waals surface area contributed by atoms with Gasteiger partial charge in [0.05, 0.1) is 18.4 Å². The fraction of sp³-hybridized carbons (Fsp3) is 0.444. The normalized spacial score (nSPS) is 24.0. The van der Waals surface area contributed by atoms with E-state index in [-0.39, 0.29) is 18.6 Å². The molecule has 2 heterocycles. The molecule has 0 fully saturated rings. The highest BCUT2D eigenvalue weighted by Crippen LogP contribution is 2.39. The molecule has 4 N–H and O–H groups in total. The summed E-state index contributed by atoms with van der Waals surface area (Å²) in [5.74, 6) is -0.612. The lowest BCUT2D eigenvalue weighted by Crippen LogP contribution is -2.36. The summed E-state index contributed by atoms with van der Waals surface area (Å²) in [5, 5.41) is 23.0. The fourth-order valence-corrected chi connectivity index (χ4v) is 3.05. The quantitative estimate of drug-likeness (QED) is 0.585. The molecule has 3 unspecified atom stereocenters. The zero-order chi connectivity index (χ0) is 18.0. The van der Waals surface area contributed by atoms with Crippen molar-refractivity contribution in [3.05, 3.63) is 53.5 Å². The Hall–Kier alpha value is -2.22. The Morgan fingerprint density at radius 2 is 2.24 bits per heavy atom. The maximum atomic E-state index is 12.4. The first kappa shape index (κ1) is 17.6. The van der Waals surface area contributed by atoms with Crippen LogP contribution >= 0.6 is 0 Å². The second kappa shape index (κ2) is 7.35. The summed E-state index contributed by atoms with van der Waals surface area (Å²) in [4.78, 5) is 12.4. The van der Waals surface area contributed by atoms with Crippen molar-refractivity contribution in [1.29, 1.82) is 0 Å². The second-order valence-corrected chi connectivity index (χ2v) is 6.64. The number of hydrogen-bond acceptors (Lipinski definition) is 5. The van der Waals surface area contributed by atoms with Crippen LogP contribution in [-0.4, -0.2) is 52.6 Å². The van der Waals surface area contributed by atoms with Gasteiger partial charge < -0.3 is 20.5 Å². The van der Waals surface area contributed by atoms with Gasteiger partial charge in [-0.15, -0.1) is 0 Å². The lowest BCUT2D eigenvalue weighted by Gasteiger charge is -2.27. The van der Waals surface area contributed by atoms with E-state index in [4.69, 9.17) is 4.74 Å². The predicted molar refractivity (Wildman–Crippen MR) is 93.7 cm³/mol. The number of aliphatic hydroxyl groups excluding tert-OH is 1. The minimum Gasteiger partial charge on any atom is -0.389 e. The Balaban J connectivity index is 1.75. The summed E-state index contributed by atoms with van der Waals surface area (Å²) in [6.07, 6.45) is 4.19. The first-order valence-corrected chi connectivity index (χ1v) is 8.41. The van der Waals surface area contributed by atoms with E-state index in [1.165, 1.54) is 0 Å². The van der Waals surface area contributed by atoms with Gasteiger partial charge in [-0.3, -0.25) is 9.89 Å². The van der Waals surface area contributed by atoms with Crippen LogP contribution in [0.3, 0.4) is 0 Å². The molecule has 3 atom stereocenters. The Morgan fingerprint density at radius 3 is 2.92 bits per heavy atom. The minimum atomic E-state index is -0.638. The molecule has 2 aliphatic rings. The number of nitrogens with zero attached hydrogens (tertiary/aromatic N) is 1. The van der Waals surface area contributed by atoms with Crippen molar-refractivity contribution in [1.82, 2.24) is 20.8 Å². The fourth-order valence-electron chi connectivity index (χ4n) is 3.05. The molecule has 1 aliphatic carbocycles. The smallest absolute Gasteiger partial charge is 0.237 e. The van der Waals surface area contributed by atoms with Crippen molar-refractivity contribution in [2.45, 2.75) is 38.0 Å². The molecule has 25 heavy (non-hydrogen) atoms. The molecule has 134 valence electrons. The number of nitrogens with one attached hydrogen (secondary N) is 3. The molecule has 0 spiro atoms. The molecule has 1 aromatic rings. The van der Waals surface area contributed by atoms with E-state index >= 15 is 0 Å². The van der Waals surface area contributed by atoms with Crippen LogP contribution in [0, 0.1) is 0 Å². The Morgan fingerprint density at radius 1 is 1.44 bits per heavy atom. The highest BCUT2D eigenvalue weighted by atomic mass is 16.5. The van der Waals surface area contributed by atoms with E-state index in [2.05, 4.69) is 27.4 Å². The van der Waals surface area contributed by atoms with Gasteiger partial charge in [-0.2, -0.15) is 5.10 Å². The molecule has 1 aliphatic heterocycles. The lowest BCUT2D eigenvalue weighted by atomic mass is 9.86. The molecule has 3 rings (SSSR count). The molecule has 0 saturated carbocycles. The van der Waals surface area contributed by atoms with Gasteiger partial charge in [0, 0.05) is 30.1 Å². The van der Waals surface area contributed by atoms with E-state index < -0.39 is 18.1 Å². The van der Waals surface area contributed by atoms with E-state index in [1.54, 1.807) is 12.3 Å². The van der Waals surface area contributed by atoms with Crippen LogP contribution in [0.15, 0.2) is 47.8 Å². The molecule has 0 radical (unpaired) electrons. The number of carbonyl (C=O) groups is 1. The van der Waals surface area contributed by atoms with E-state index in [0.717, 1.165) is 16.8 Å². The maximum absolute atomic E-state index is 12.4. The summed E-state index contributed by atoms with van der Waals surface area (Å²) in [5.41, 5.74) is 3.01. The first-order valence-electron chi connectivity index (χ1n) is 8.41. The number of allylic oxidation sites excluding steroid dienone is 1. The molecule has 0 bridgehead atoms. The second-order valence-electron chi connectivity index (χ2n) is 6.64. The van der Waals surface area contributed by atoms with Crippen LogP contribution < -0.4 is 10.6 Å². The van der Waals surface area contributed by atoms with Crippen LogP contribution in [0.1, 0.15) is 25.5 Å². The van der Waals surface area contributed by atoms with Gasteiger partial charge in [-0.1, -0.05) is 26.5 Å². The third-order valence-electron chi connectivity index (χ3n) is 4.28. The summed E-state index contributed by atoms with van der Waals surface area (Å²) >= 11 is 0. The number of aromatic amines is 1. The lowest BCUT2D eigenvalue weighted by molar-refractivity contribution is -0.120. The third-order valence-corrected chi connectivity index (χ3v) is 4.28. The Labute approximate surface area is 146 Å². The maximum Gasteiger partial charge on any atom is 0.237 e. The largest absolute Gasteiger partial charge is 0.389 e. The number of ether oxygens (including phenoxy) is 1. The highest BCUT2D eigenvalue weighted by Gasteiger charge is 2.41. The van der Waals surface area contributed by atoms with Crippen LogP contribution in [0.5, 0.6) is 0 Å². The van der Waals surface area contributed by atoms with Gasteiger partial charge in [0.25, 0.3) is 0 Å². The third kappa shape index (κ3) is 3.73. The van der Waals surface area contributed by atoms with Gasteiger partial charge in [-0.05, 0) is 17.7 Å². The van der Waals surface area contributed by atoms with Crippen LogP contribution in [0.4, 0.5) is 0 Å². The molecule has 0 aromatic carbocycles. The zero-order valence-electron chi connectivity index (χ0n) is 14.5. The van der Waals surface area contributed by atoms with Crippen molar-refractivity contribution >= 4 is 5.91 Å². The van der Waals surface area contributed by atoms with Gasteiger partial charge >= 0.3 is 0 Å². The molecule has 7 heteroatoms. The molecule has 1 amide bonds. The number of hydrogen-bond donors (Lipinski definition) is 4. The minimum absolute atomic E-state index is 0.121. The zero-order valence-corrected chi connectivity index (χ0v) is 14.5. The number of amides is 1. The topological polar surface area (TPSA) is 99.3 Å². The average molecular weight is 344 g/mol. The number of rotatable bonds is 7. The van der Waals surface area contributed by atoms with Gasteiger partial charge in [0.2, 0.25) is 5.91 Å². The molecular weight excluding hydrogens is 320 g/mol.